The van der Waals surface area contributed by atoms with Gasteiger partial charge in [-0.15, -0.1) is 0 Å². The molecular formula is C14H14N4O3. The molecule has 0 bridgehead atoms. The second kappa shape index (κ2) is 4.93. The number of aryl methyl sites for hydroxylation is 2. The van der Waals surface area contributed by atoms with Crippen molar-refractivity contribution >= 4 is 23.1 Å². The van der Waals surface area contributed by atoms with Gasteiger partial charge >= 0.3 is 5.97 Å². The number of benzene rings is 1. The summed E-state index contributed by atoms with van der Waals surface area (Å²) in [6.45, 7) is 2.47. The molecule has 0 aliphatic heterocycles. The fraction of sp³-hybridized carbons (Fsp3) is 0.214. The highest BCUT2D eigenvalue weighted by Gasteiger charge is 2.10. The van der Waals surface area contributed by atoms with Crippen LogP contribution in [0.15, 0.2) is 28.8 Å². The number of aromatic nitrogens is 3. The summed E-state index contributed by atoms with van der Waals surface area (Å²) in [7, 11) is 1.86. The Hall–Kier alpha value is -2.83. The van der Waals surface area contributed by atoms with Crippen molar-refractivity contribution in [2.75, 3.05) is 5.32 Å². The van der Waals surface area contributed by atoms with E-state index in [4.69, 9.17) is 9.52 Å². The number of nitrogens with one attached hydrogen (secondary N) is 1. The Morgan fingerprint density at radius 3 is 2.95 bits per heavy atom. The van der Waals surface area contributed by atoms with Gasteiger partial charge in [0.25, 0.3) is 6.01 Å². The van der Waals surface area contributed by atoms with Crippen molar-refractivity contribution in [2.24, 2.45) is 7.05 Å². The van der Waals surface area contributed by atoms with Gasteiger partial charge in [-0.2, -0.15) is 10.1 Å². The van der Waals surface area contributed by atoms with E-state index in [0.29, 0.717) is 23.7 Å². The standard InChI is InChI=1S/C14H14N4O3/c1-8-10(7-18(2)17-8)6-15-14-16-11-4-3-9(13(19)20)5-12(11)21-14/h3-5,7H,6H2,1-2H3,(H,15,16)(H,19,20). The number of carboxylic acid groups (broad SMARTS) is 1. The number of carbonyl (C=O) groups is 1. The average Bonchev–Trinajstić information content (AvgIpc) is 2.97. The molecule has 0 amide bonds. The van der Waals surface area contributed by atoms with Crippen molar-refractivity contribution in [2.45, 2.75) is 13.5 Å². The Morgan fingerprint density at radius 1 is 1.48 bits per heavy atom. The molecule has 0 aliphatic carbocycles. The van der Waals surface area contributed by atoms with Gasteiger partial charge in [-0.3, -0.25) is 4.68 Å². The summed E-state index contributed by atoms with van der Waals surface area (Å²) in [5.74, 6) is -0.992. The van der Waals surface area contributed by atoms with Crippen LogP contribution in [-0.2, 0) is 13.6 Å². The van der Waals surface area contributed by atoms with E-state index in [-0.39, 0.29) is 5.56 Å². The van der Waals surface area contributed by atoms with Gasteiger partial charge in [0.1, 0.15) is 5.52 Å². The van der Waals surface area contributed by atoms with Gasteiger partial charge in [-0.05, 0) is 25.1 Å². The maximum atomic E-state index is 10.9. The molecular weight excluding hydrogens is 272 g/mol. The van der Waals surface area contributed by atoms with Crippen molar-refractivity contribution in [3.8, 4) is 0 Å². The summed E-state index contributed by atoms with van der Waals surface area (Å²) in [6.07, 6.45) is 1.92. The first-order valence-electron chi connectivity index (χ1n) is 6.40. The minimum absolute atomic E-state index is 0.174. The summed E-state index contributed by atoms with van der Waals surface area (Å²) in [6, 6.07) is 4.95. The van der Waals surface area contributed by atoms with Crippen LogP contribution in [0.3, 0.4) is 0 Å². The third kappa shape index (κ3) is 2.58. The van der Waals surface area contributed by atoms with Crippen LogP contribution >= 0.6 is 0 Å². The van der Waals surface area contributed by atoms with Crippen molar-refractivity contribution in [3.05, 3.63) is 41.2 Å². The lowest BCUT2D eigenvalue weighted by molar-refractivity contribution is 0.0697. The molecule has 0 aliphatic rings. The molecule has 7 heteroatoms. The Labute approximate surface area is 120 Å². The van der Waals surface area contributed by atoms with Crippen molar-refractivity contribution < 1.29 is 14.3 Å². The van der Waals surface area contributed by atoms with Gasteiger partial charge in [-0.25, -0.2) is 4.79 Å². The van der Waals surface area contributed by atoms with E-state index in [1.807, 2.05) is 20.2 Å². The number of aromatic carboxylic acids is 1. The van der Waals surface area contributed by atoms with Crippen LogP contribution in [0, 0.1) is 6.92 Å². The molecule has 0 spiro atoms. The SMILES string of the molecule is Cc1nn(C)cc1CNc1nc2ccc(C(=O)O)cc2o1. The van der Waals surface area contributed by atoms with Gasteiger partial charge < -0.3 is 14.8 Å². The Morgan fingerprint density at radius 2 is 2.29 bits per heavy atom. The molecule has 2 aromatic heterocycles. The minimum atomic E-state index is -0.992. The monoisotopic (exact) mass is 286 g/mol. The topological polar surface area (TPSA) is 93.2 Å². The molecule has 1 aromatic carbocycles. The van der Waals surface area contributed by atoms with Crippen LogP contribution < -0.4 is 5.32 Å². The molecule has 21 heavy (non-hydrogen) atoms. The zero-order valence-electron chi connectivity index (χ0n) is 11.6. The number of rotatable bonds is 4. The second-order valence-corrected chi connectivity index (χ2v) is 4.77. The summed E-state index contributed by atoms with van der Waals surface area (Å²) >= 11 is 0. The van der Waals surface area contributed by atoms with Crippen LogP contribution in [0.1, 0.15) is 21.6 Å². The first kappa shape index (κ1) is 13.2. The summed E-state index contributed by atoms with van der Waals surface area (Å²) in [5.41, 5.74) is 3.22. The molecule has 2 N–H and O–H groups in total. The number of fused-ring (bicyclic) bond motifs is 1. The van der Waals surface area contributed by atoms with E-state index >= 15 is 0 Å². The predicted octanol–water partition coefficient (Wildman–Crippen LogP) is 2.18. The van der Waals surface area contributed by atoms with Crippen molar-refractivity contribution in [1.82, 2.24) is 14.8 Å². The highest BCUT2D eigenvalue weighted by Crippen LogP contribution is 2.21. The lowest BCUT2D eigenvalue weighted by atomic mass is 10.2. The fourth-order valence-corrected chi connectivity index (χ4v) is 2.13. The molecule has 0 atom stereocenters. The Bertz CT molecular complexity index is 819. The maximum absolute atomic E-state index is 10.9. The predicted molar refractivity (Wildman–Crippen MR) is 76.2 cm³/mol. The fourth-order valence-electron chi connectivity index (χ4n) is 2.13. The van der Waals surface area contributed by atoms with Crippen molar-refractivity contribution in [1.29, 1.82) is 0 Å². The molecule has 3 aromatic rings. The molecule has 108 valence electrons. The first-order valence-corrected chi connectivity index (χ1v) is 6.40. The number of nitrogens with zero attached hydrogens (tertiary/aromatic N) is 3. The van der Waals surface area contributed by atoms with Gasteiger partial charge in [0.15, 0.2) is 5.58 Å². The van der Waals surface area contributed by atoms with E-state index in [1.54, 1.807) is 10.7 Å². The normalized spacial score (nSPS) is 11.0. The number of oxazole rings is 1. The molecule has 0 saturated carbocycles. The smallest absolute Gasteiger partial charge is 0.335 e. The zero-order chi connectivity index (χ0) is 15.0. The van der Waals surface area contributed by atoms with Gasteiger partial charge in [0.2, 0.25) is 0 Å². The summed E-state index contributed by atoms with van der Waals surface area (Å²) in [5, 5.41) is 16.3. The molecule has 3 rings (SSSR count). The van der Waals surface area contributed by atoms with Gasteiger partial charge in [0.05, 0.1) is 11.3 Å². The Kier molecular flexibility index (Phi) is 3.09. The van der Waals surface area contributed by atoms with Crippen LogP contribution in [0.2, 0.25) is 0 Å². The van der Waals surface area contributed by atoms with E-state index in [9.17, 15) is 4.79 Å². The lowest BCUT2D eigenvalue weighted by Gasteiger charge is -1.99. The van der Waals surface area contributed by atoms with Crippen LogP contribution in [0.5, 0.6) is 0 Å². The highest BCUT2D eigenvalue weighted by molar-refractivity contribution is 5.92. The van der Waals surface area contributed by atoms with E-state index < -0.39 is 5.97 Å². The van der Waals surface area contributed by atoms with Gasteiger partial charge in [-0.1, -0.05) is 0 Å². The quantitative estimate of drug-likeness (QED) is 0.763. The lowest BCUT2D eigenvalue weighted by Crippen LogP contribution is -1.99. The highest BCUT2D eigenvalue weighted by atomic mass is 16.4. The third-order valence-corrected chi connectivity index (χ3v) is 3.18. The summed E-state index contributed by atoms with van der Waals surface area (Å²) in [4.78, 5) is 15.2. The minimum Gasteiger partial charge on any atom is -0.478 e. The Balaban J connectivity index is 1.81. The maximum Gasteiger partial charge on any atom is 0.335 e. The molecule has 0 unspecified atom stereocenters. The first-order chi connectivity index (χ1) is 10.0. The average molecular weight is 286 g/mol. The number of carboxylic acids is 1. The van der Waals surface area contributed by atoms with Crippen molar-refractivity contribution in [3.63, 3.8) is 0 Å². The van der Waals surface area contributed by atoms with Crippen LogP contribution in [0.4, 0.5) is 6.01 Å². The molecule has 0 radical (unpaired) electrons. The van der Waals surface area contributed by atoms with E-state index in [0.717, 1.165) is 11.3 Å². The van der Waals surface area contributed by atoms with E-state index in [1.165, 1.54) is 12.1 Å². The zero-order valence-corrected chi connectivity index (χ0v) is 11.6. The summed E-state index contributed by atoms with van der Waals surface area (Å²) < 4.78 is 7.26. The largest absolute Gasteiger partial charge is 0.478 e. The number of hydrogen-bond acceptors (Lipinski definition) is 5. The van der Waals surface area contributed by atoms with Crippen LogP contribution in [-0.4, -0.2) is 25.8 Å². The third-order valence-electron chi connectivity index (χ3n) is 3.18. The van der Waals surface area contributed by atoms with E-state index in [2.05, 4.69) is 15.4 Å². The van der Waals surface area contributed by atoms with Crippen LogP contribution in [0.25, 0.3) is 11.1 Å². The second-order valence-electron chi connectivity index (χ2n) is 4.77. The molecule has 0 fully saturated rings. The van der Waals surface area contributed by atoms with Gasteiger partial charge in [0, 0.05) is 25.4 Å². The molecule has 0 saturated heterocycles. The molecule has 2 heterocycles. The number of hydrogen-bond donors (Lipinski definition) is 2. The number of anilines is 1. The molecule has 7 nitrogen and oxygen atoms in total.